The Labute approximate surface area is 181 Å². The van der Waals surface area contributed by atoms with Crippen LogP contribution in [0.5, 0.6) is 5.75 Å². The van der Waals surface area contributed by atoms with Crippen molar-refractivity contribution in [3.63, 3.8) is 0 Å². The molecular weight excluding hydrogens is 430 g/mol. The molecule has 0 radical (unpaired) electrons. The Morgan fingerprint density at radius 3 is 2.61 bits per heavy atom. The van der Waals surface area contributed by atoms with E-state index >= 15 is 0 Å². The van der Waals surface area contributed by atoms with Crippen LogP contribution >= 0.6 is 0 Å². The van der Waals surface area contributed by atoms with E-state index in [4.69, 9.17) is 9.47 Å². The Morgan fingerprint density at radius 1 is 1.19 bits per heavy atom. The first-order valence-electron chi connectivity index (χ1n) is 10.6. The van der Waals surface area contributed by atoms with Gasteiger partial charge in [-0.2, -0.15) is 0 Å². The summed E-state index contributed by atoms with van der Waals surface area (Å²) >= 11 is 0. The molecule has 0 unspecified atom stereocenters. The number of benzene rings is 1. The summed E-state index contributed by atoms with van der Waals surface area (Å²) in [7, 11) is -3.30. The predicted octanol–water partition coefficient (Wildman–Crippen LogP) is 2.26. The number of carbonyl (C=O) groups is 1. The van der Waals surface area contributed by atoms with Gasteiger partial charge in [-0.1, -0.05) is 0 Å². The Bertz CT molecular complexity index is 860. The molecule has 3 rings (SSSR count). The van der Waals surface area contributed by atoms with Gasteiger partial charge in [0.05, 0.1) is 19.0 Å². The van der Waals surface area contributed by atoms with E-state index in [1.54, 1.807) is 0 Å². The van der Waals surface area contributed by atoms with Gasteiger partial charge in [-0.15, -0.1) is 0 Å². The summed E-state index contributed by atoms with van der Waals surface area (Å²) in [6.07, 6.45) is 6.12. The summed E-state index contributed by atoms with van der Waals surface area (Å²) in [5.74, 6) is -1.61. The van der Waals surface area contributed by atoms with Crippen molar-refractivity contribution >= 4 is 16.3 Å². The zero-order valence-corrected chi connectivity index (χ0v) is 18.4. The summed E-state index contributed by atoms with van der Waals surface area (Å²) in [5, 5.41) is 3.33. The normalized spacial score (nSPS) is 27.1. The second kappa shape index (κ2) is 10.8. The van der Waals surface area contributed by atoms with Crippen LogP contribution in [0, 0.1) is 11.6 Å². The van der Waals surface area contributed by atoms with Crippen LogP contribution in [0.4, 0.5) is 8.78 Å². The van der Waals surface area contributed by atoms with Crippen molar-refractivity contribution in [3.05, 3.63) is 29.3 Å². The van der Waals surface area contributed by atoms with E-state index < -0.39 is 21.7 Å². The van der Waals surface area contributed by atoms with Gasteiger partial charge in [-0.3, -0.25) is 4.79 Å². The molecule has 10 heteroatoms. The minimum absolute atomic E-state index is 0.00314. The number of sulfonamides is 1. The first-order chi connectivity index (χ1) is 14.8. The molecule has 1 aromatic rings. The van der Waals surface area contributed by atoms with E-state index in [-0.39, 0.29) is 36.5 Å². The third-order valence-electron chi connectivity index (χ3n) is 5.91. The van der Waals surface area contributed by atoms with Gasteiger partial charge in [0.2, 0.25) is 10.0 Å². The summed E-state index contributed by atoms with van der Waals surface area (Å²) in [4.78, 5) is 10.6. The van der Waals surface area contributed by atoms with Crippen molar-refractivity contribution in [2.24, 2.45) is 0 Å². The lowest BCUT2D eigenvalue weighted by molar-refractivity contribution is -0.109. The number of ether oxygens (including phenoxy) is 2. The number of rotatable bonds is 9. The highest BCUT2D eigenvalue weighted by Crippen LogP contribution is 2.40. The molecule has 0 amide bonds. The van der Waals surface area contributed by atoms with Crippen molar-refractivity contribution in [2.45, 2.75) is 62.6 Å². The molecule has 1 aromatic carbocycles. The molecule has 1 saturated heterocycles. The summed E-state index contributed by atoms with van der Waals surface area (Å²) in [6.45, 7) is 0.924. The minimum atomic E-state index is -3.30. The van der Waals surface area contributed by atoms with Crippen LogP contribution < -0.4 is 14.8 Å². The molecule has 2 fully saturated rings. The average molecular weight is 461 g/mol. The SMILES string of the molecule is CS(=O)(=O)N[C@H]1CCCN[C@H]1COC1CCC(c2cc(F)cc(F)c2OCC=O)CC1. The third kappa shape index (κ3) is 6.93. The quantitative estimate of drug-likeness (QED) is 0.549. The molecule has 2 N–H and O–H groups in total. The molecule has 2 aliphatic rings. The predicted molar refractivity (Wildman–Crippen MR) is 112 cm³/mol. The minimum Gasteiger partial charge on any atom is -0.483 e. The summed E-state index contributed by atoms with van der Waals surface area (Å²) in [5.41, 5.74) is 0.448. The van der Waals surface area contributed by atoms with Crippen LogP contribution in [-0.4, -0.2) is 58.9 Å². The van der Waals surface area contributed by atoms with Gasteiger partial charge in [-0.25, -0.2) is 21.9 Å². The van der Waals surface area contributed by atoms with Gasteiger partial charge in [0, 0.05) is 23.7 Å². The van der Waals surface area contributed by atoms with Gasteiger partial charge in [0.15, 0.2) is 17.9 Å². The summed E-state index contributed by atoms with van der Waals surface area (Å²) in [6, 6.07) is 1.74. The van der Waals surface area contributed by atoms with E-state index in [0.717, 1.165) is 31.7 Å². The average Bonchev–Trinajstić information content (AvgIpc) is 2.71. The monoisotopic (exact) mass is 460 g/mol. The Kier molecular flexibility index (Phi) is 8.37. The molecule has 0 spiro atoms. The van der Waals surface area contributed by atoms with Gasteiger partial charge in [0.1, 0.15) is 12.4 Å². The van der Waals surface area contributed by atoms with Crippen LogP contribution in [-0.2, 0) is 19.6 Å². The van der Waals surface area contributed by atoms with Gasteiger partial charge >= 0.3 is 0 Å². The second-order valence-electron chi connectivity index (χ2n) is 8.29. The molecule has 174 valence electrons. The van der Waals surface area contributed by atoms with Gasteiger partial charge < -0.3 is 14.8 Å². The van der Waals surface area contributed by atoms with Crippen LogP contribution in [0.2, 0.25) is 0 Å². The fourth-order valence-electron chi connectivity index (χ4n) is 4.48. The van der Waals surface area contributed by atoms with Crippen molar-refractivity contribution in [3.8, 4) is 5.75 Å². The maximum atomic E-state index is 14.2. The largest absolute Gasteiger partial charge is 0.483 e. The molecule has 2 atom stereocenters. The van der Waals surface area contributed by atoms with Crippen molar-refractivity contribution in [1.29, 1.82) is 0 Å². The molecule has 31 heavy (non-hydrogen) atoms. The molecule has 1 aliphatic carbocycles. The Balaban J connectivity index is 1.56. The highest BCUT2D eigenvalue weighted by atomic mass is 32.2. The van der Waals surface area contributed by atoms with E-state index in [0.29, 0.717) is 44.1 Å². The van der Waals surface area contributed by atoms with Gasteiger partial charge in [-0.05, 0) is 57.1 Å². The maximum Gasteiger partial charge on any atom is 0.209 e. The molecule has 7 nitrogen and oxygen atoms in total. The number of carbonyl (C=O) groups excluding carboxylic acids is 1. The van der Waals surface area contributed by atoms with Crippen molar-refractivity contribution < 1.29 is 31.5 Å². The van der Waals surface area contributed by atoms with Crippen LogP contribution in [0.25, 0.3) is 0 Å². The van der Waals surface area contributed by atoms with Crippen molar-refractivity contribution in [2.75, 3.05) is 26.0 Å². The van der Waals surface area contributed by atoms with E-state index in [1.165, 1.54) is 6.07 Å². The Morgan fingerprint density at radius 2 is 1.94 bits per heavy atom. The first-order valence-corrected chi connectivity index (χ1v) is 12.5. The fraction of sp³-hybridized carbons (Fsp3) is 0.667. The van der Waals surface area contributed by atoms with Crippen LogP contribution in [0.1, 0.15) is 50.0 Å². The van der Waals surface area contributed by atoms with E-state index in [9.17, 15) is 22.0 Å². The molecule has 1 saturated carbocycles. The van der Waals surface area contributed by atoms with Crippen LogP contribution in [0.15, 0.2) is 12.1 Å². The lowest BCUT2D eigenvalue weighted by Gasteiger charge is -2.35. The lowest BCUT2D eigenvalue weighted by Crippen LogP contribution is -2.55. The van der Waals surface area contributed by atoms with E-state index in [1.807, 2.05) is 0 Å². The highest BCUT2D eigenvalue weighted by molar-refractivity contribution is 7.88. The Hall–Kier alpha value is -1.62. The zero-order valence-electron chi connectivity index (χ0n) is 17.6. The smallest absolute Gasteiger partial charge is 0.209 e. The number of hydrogen-bond donors (Lipinski definition) is 2. The number of halogens is 2. The number of hydrogen-bond acceptors (Lipinski definition) is 6. The molecule has 0 bridgehead atoms. The number of aldehydes is 1. The molecule has 1 aliphatic heterocycles. The van der Waals surface area contributed by atoms with E-state index in [2.05, 4.69) is 10.0 Å². The molecule has 0 aromatic heterocycles. The van der Waals surface area contributed by atoms with Crippen LogP contribution in [0.3, 0.4) is 0 Å². The lowest BCUT2D eigenvalue weighted by atomic mass is 9.82. The standard InChI is InChI=1S/C21H30F2N2O5S/c1-31(27,28)25-19-3-2-8-24-20(19)13-30-16-6-4-14(5-7-16)17-11-15(22)12-18(23)21(17)29-10-9-26/h9,11-12,14,16,19-20,24-25H,2-8,10,13H2,1H3/t14?,16?,19-,20-/m0/s1. The fourth-order valence-corrected chi connectivity index (χ4v) is 5.31. The third-order valence-corrected chi connectivity index (χ3v) is 6.64. The second-order valence-corrected chi connectivity index (χ2v) is 10.1. The maximum absolute atomic E-state index is 14.2. The zero-order chi connectivity index (χ0) is 22.4. The summed E-state index contributed by atoms with van der Waals surface area (Å²) < 4.78 is 65.2. The number of piperidine rings is 1. The topological polar surface area (TPSA) is 93.7 Å². The molecule has 1 heterocycles. The first kappa shape index (κ1) is 24.0. The van der Waals surface area contributed by atoms with Gasteiger partial charge in [0.25, 0.3) is 0 Å². The molecular formula is C21H30F2N2O5S. The number of nitrogens with one attached hydrogen (secondary N) is 2. The highest BCUT2D eigenvalue weighted by Gasteiger charge is 2.30. The van der Waals surface area contributed by atoms with Crippen molar-refractivity contribution in [1.82, 2.24) is 10.0 Å².